The first-order valence-corrected chi connectivity index (χ1v) is 10.2. The van der Waals surface area contributed by atoms with E-state index in [9.17, 15) is 4.79 Å². The number of hydrogen-bond donors (Lipinski definition) is 2. The highest BCUT2D eigenvalue weighted by Gasteiger charge is 2.56. The van der Waals surface area contributed by atoms with Crippen LogP contribution in [0.15, 0.2) is 5.38 Å². The van der Waals surface area contributed by atoms with E-state index in [1.54, 1.807) is 23.1 Å². The summed E-state index contributed by atoms with van der Waals surface area (Å²) >= 11 is 3.46. The number of urea groups is 1. The van der Waals surface area contributed by atoms with Crippen LogP contribution in [0.25, 0.3) is 0 Å². The van der Waals surface area contributed by atoms with Crippen molar-refractivity contribution in [3.63, 3.8) is 0 Å². The van der Waals surface area contributed by atoms with Crippen LogP contribution in [0.3, 0.4) is 0 Å². The van der Waals surface area contributed by atoms with Crippen LogP contribution in [0.2, 0.25) is 0 Å². The molecule has 3 fully saturated rings. The summed E-state index contributed by atoms with van der Waals surface area (Å²) in [5, 5.41) is 9.77. The zero-order valence-electron chi connectivity index (χ0n) is 12.7. The van der Waals surface area contributed by atoms with Gasteiger partial charge < -0.3 is 15.5 Å². The SMILES string of the molecule is CSCc1nc(CNC(=O)N2[C@@H]3CC[C@H]2[C@H]2CNC[C@H]23)cs1. The Morgan fingerprint density at radius 3 is 2.86 bits per heavy atom. The molecular formula is C15H22N4OS2. The predicted octanol–water partition coefficient (Wildman–Crippen LogP) is 1.90. The maximum absolute atomic E-state index is 12.6. The number of aromatic nitrogens is 1. The van der Waals surface area contributed by atoms with E-state index in [-0.39, 0.29) is 6.03 Å². The zero-order chi connectivity index (χ0) is 15.1. The van der Waals surface area contributed by atoms with Gasteiger partial charge in [0.1, 0.15) is 5.01 Å². The lowest BCUT2D eigenvalue weighted by molar-refractivity contribution is 0.184. The summed E-state index contributed by atoms with van der Waals surface area (Å²) in [5.74, 6) is 2.31. The van der Waals surface area contributed by atoms with Gasteiger partial charge in [-0.2, -0.15) is 11.8 Å². The number of rotatable bonds is 4. The van der Waals surface area contributed by atoms with E-state index in [4.69, 9.17) is 0 Å². The molecule has 0 aliphatic carbocycles. The van der Waals surface area contributed by atoms with Crippen LogP contribution in [0, 0.1) is 11.8 Å². The molecule has 22 heavy (non-hydrogen) atoms. The van der Waals surface area contributed by atoms with Crippen molar-refractivity contribution < 1.29 is 4.79 Å². The van der Waals surface area contributed by atoms with E-state index < -0.39 is 0 Å². The number of carbonyl (C=O) groups excluding carboxylic acids is 1. The van der Waals surface area contributed by atoms with Crippen LogP contribution in [0.5, 0.6) is 0 Å². The van der Waals surface area contributed by atoms with E-state index in [2.05, 4.69) is 32.2 Å². The summed E-state index contributed by atoms with van der Waals surface area (Å²) in [4.78, 5) is 19.3. The fourth-order valence-electron chi connectivity index (χ4n) is 4.45. The van der Waals surface area contributed by atoms with Gasteiger partial charge in [0.05, 0.1) is 12.2 Å². The van der Waals surface area contributed by atoms with E-state index >= 15 is 0 Å². The Balaban J connectivity index is 1.36. The van der Waals surface area contributed by atoms with Gasteiger partial charge in [0.15, 0.2) is 0 Å². The molecule has 4 heterocycles. The molecule has 3 aliphatic heterocycles. The van der Waals surface area contributed by atoms with Crippen molar-refractivity contribution >= 4 is 29.1 Å². The maximum atomic E-state index is 12.6. The average molecular weight is 339 g/mol. The molecule has 1 aromatic rings. The van der Waals surface area contributed by atoms with Crippen LogP contribution in [-0.2, 0) is 12.3 Å². The Morgan fingerprint density at radius 1 is 1.45 bits per heavy atom. The average Bonchev–Trinajstić information content (AvgIpc) is 3.26. The van der Waals surface area contributed by atoms with E-state index in [0.717, 1.165) is 29.5 Å². The maximum Gasteiger partial charge on any atom is 0.318 e. The lowest BCUT2D eigenvalue weighted by Crippen LogP contribution is -2.45. The van der Waals surface area contributed by atoms with Gasteiger partial charge in [0.2, 0.25) is 0 Å². The summed E-state index contributed by atoms with van der Waals surface area (Å²) in [6.07, 6.45) is 4.43. The van der Waals surface area contributed by atoms with Crippen molar-refractivity contribution in [2.24, 2.45) is 11.8 Å². The molecule has 3 saturated heterocycles. The Hall–Kier alpha value is -0.790. The number of carbonyl (C=O) groups is 1. The van der Waals surface area contributed by atoms with Crippen molar-refractivity contribution in [3.8, 4) is 0 Å². The molecule has 0 spiro atoms. The van der Waals surface area contributed by atoms with Crippen molar-refractivity contribution in [2.75, 3.05) is 19.3 Å². The molecule has 0 radical (unpaired) electrons. The number of nitrogens with zero attached hydrogens (tertiary/aromatic N) is 2. The number of nitrogens with one attached hydrogen (secondary N) is 2. The smallest absolute Gasteiger partial charge is 0.318 e. The van der Waals surface area contributed by atoms with Crippen LogP contribution in [0.1, 0.15) is 23.5 Å². The van der Waals surface area contributed by atoms with Crippen LogP contribution < -0.4 is 10.6 Å². The van der Waals surface area contributed by atoms with Crippen LogP contribution >= 0.6 is 23.1 Å². The lowest BCUT2D eigenvalue weighted by atomic mass is 9.82. The summed E-state index contributed by atoms with van der Waals surface area (Å²) in [5.41, 5.74) is 0.982. The van der Waals surface area contributed by atoms with Crippen molar-refractivity contribution in [3.05, 3.63) is 16.1 Å². The van der Waals surface area contributed by atoms with Gasteiger partial charge in [0.25, 0.3) is 0 Å². The minimum absolute atomic E-state index is 0.112. The normalized spacial score (nSPS) is 32.5. The third kappa shape index (κ3) is 2.43. The summed E-state index contributed by atoms with van der Waals surface area (Å²) < 4.78 is 0. The van der Waals surface area contributed by atoms with Gasteiger partial charge in [-0.3, -0.25) is 0 Å². The highest BCUT2D eigenvalue weighted by atomic mass is 32.2. The number of thioether (sulfide) groups is 1. The molecule has 5 nitrogen and oxygen atoms in total. The van der Waals surface area contributed by atoms with E-state index in [1.807, 2.05) is 0 Å². The highest BCUT2D eigenvalue weighted by molar-refractivity contribution is 7.97. The molecule has 4 atom stereocenters. The summed E-state index contributed by atoms with van der Waals surface area (Å²) in [6, 6.07) is 1.02. The number of fused-ring (bicyclic) bond motifs is 5. The highest BCUT2D eigenvalue weighted by Crippen LogP contribution is 2.47. The van der Waals surface area contributed by atoms with Gasteiger partial charge in [-0.1, -0.05) is 0 Å². The van der Waals surface area contributed by atoms with Crippen molar-refractivity contribution in [2.45, 2.75) is 37.2 Å². The third-order valence-corrected chi connectivity index (χ3v) is 6.94. The van der Waals surface area contributed by atoms with Crippen molar-refractivity contribution in [1.29, 1.82) is 0 Å². The molecule has 3 aliphatic rings. The first-order valence-electron chi connectivity index (χ1n) is 7.97. The number of amides is 2. The molecule has 0 saturated carbocycles. The second kappa shape index (κ2) is 6.02. The van der Waals surface area contributed by atoms with Gasteiger partial charge in [-0.15, -0.1) is 11.3 Å². The number of thiazole rings is 1. The summed E-state index contributed by atoms with van der Waals surface area (Å²) in [6.45, 7) is 2.72. The molecule has 120 valence electrons. The van der Waals surface area contributed by atoms with Gasteiger partial charge in [0, 0.05) is 36.3 Å². The standard InChI is InChI=1S/C15H22N4OS2/c1-21-8-14-18-9(7-22-14)4-17-15(20)19-12-2-3-13(19)11-6-16-5-10(11)12/h7,10-13,16H,2-6,8H2,1H3,(H,17,20)/t10-,11+,12-,13+. The Labute approximate surface area is 139 Å². The minimum Gasteiger partial charge on any atom is -0.332 e. The zero-order valence-corrected chi connectivity index (χ0v) is 14.4. The molecule has 7 heteroatoms. The van der Waals surface area contributed by atoms with Crippen LogP contribution in [-0.4, -0.2) is 47.3 Å². The molecule has 4 rings (SSSR count). The van der Waals surface area contributed by atoms with Crippen LogP contribution in [0.4, 0.5) is 4.79 Å². The molecule has 2 N–H and O–H groups in total. The van der Waals surface area contributed by atoms with Gasteiger partial charge >= 0.3 is 6.03 Å². The molecule has 0 unspecified atom stereocenters. The molecule has 1 aromatic heterocycles. The number of hydrogen-bond acceptors (Lipinski definition) is 5. The molecule has 2 amide bonds. The van der Waals surface area contributed by atoms with Gasteiger partial charge in [-0.05, 0) is 30.9 Å². The first-order chi connectivity index (χ1) is 10.8. The third-order valence-electron chi connectivity index (χ3n) is 5.29. The first kappa shape index (κ1) is 14.8. The molecule has 0 aromatic carbocycles. The fourth-order valence-corrected chi connectivity index (χ4v) is 5.96. The van der Waals surface area contributed by atoms with E-state index in [1.165, 1.54) is 12.8 Å². The minimum atomic E-state index is 0.112. The lowest BCUT2D eigenvalue weighted by Gasteiger charge is -2.24. The molecule has 2 bridgehead atoms. The quantitative estimate of drug-likeness (QED) is 0.880. The summed E-state index contributed by atoms with van der Waals surface area (Å²) in [7, 11) is 0. The fraction of sp³-hybridized carbons (Fsp3) is 0.733. The van der Waals surface area contributed by atoms with Crippen molar-refractivity contribution in [1.82, 2.24) is 20.5 Å². The predicted molar refractivity (Wildman–Crippen MR) is 90.1 cm³/mol. The monoisotopic (exact) mass is 338 g/mol. The Morgan fingerprint density at radius 2 is 2.18 bits per heavy atom. The second-order valence-corrected chi connectivity index (χ2v) is 8.24. The second-order valence-electron chi connectivity index (χ2n) is 6.43. The van der Waals surface area contributed by atoms with Gasteiger partial charge in [-0.25, -0.2) is 9.78 Å². The molecular weight excluding hydrogens is 316 g/mol. The topological polar surface area (TPSA) is 57.3 Å². The largest absolute Gasteiger partial charge is 0.332 e. The van der Waals surface area contributed by atoms with E-state index in [0.29, 0.717) is 30.5 Å². The Bertz CT molecular complexity index is 545. The Kier molecular flexibility index (Phi) is 4.04.